The zero-order chi connectivity index (χ0) is 15.0. The van der Waals surface area contributed by atoms with E-state index in [1.807, 2.05) is 13.8 Å². The zero-order valence-electron chi connectivity index (χ0n) is 12.4. The van der Waals surface area contributed by atoms with Crippen LogP contribution in [-0.4, -0.2) is 53.3 Å². The molecule has 2 atom stereocenters. The lowest BCUT2D eigenvalue weighted by Crippen LogP contribution is -2.70. The maximum absolute atomic E-state index is 12.5. The van der Waals surface area contributed by atoms with Crippen molar-refractivity contribution in [3.05, 3.63) is 22.4 Å². The Balaban J connectivity index is 1.69. The molecule has 0 radical (unpaired) electrons. The highest BCUT2D eigenvalue weighted by molar-refractivity contribution is 7.07. The summed E-state index contributed by atoms with van der Waals surface area (Å²) in [4.78, 5) is 28.8. The van der Waals surface area contributed by atoms with Crippen molar-refractivity contribution < 1.29 is 9.59 Å². The SMILES string of the molecule is CC(C)[C@@H]1NC(=O)[C@H]2CN(Cc3ccsc3)CCN2C1=O. The van der Waals surface area contributed by atoms with Gasteiger partial charge in [0, 0.05) is 26.2 Å². The van der Waals surface area contributed by atoms with Gasteiger partial charge in [-0.15, -0.1) is 0 Å². The van der Waals surface area contributed by atoms with E-state index in [-0.39, 0.29) is 29.8 Å². The van der Waals surface area contributed by atoms with Gasteiger partial charge in [-0.05, 0) is 28.3 Å². The highest BCUT2D eigenvalue weighted by Gasteiger charge is 2.44. The van der Waals surface area contributed by atoms with Gasteiger partial charge in [0.15, 0.2) is 0 Å². The molecule has 21 heavy (non-hydrogen) atoms. The molecule has 2 aliphatic heterocycles. The minimum atomic E-state index is -0.364. The van der Waals surface area contributed by atoms with Gasteiger partial charge in [-0.3, -0.25) is 14.5 Å². The van der Waals surface area contributed by atoms with Gasteiger partial charge in [0.2, 0.25) is 11.8 Å². The molecule has 114 valence electrons. The molecule has 0 aliphatic carbocycles. The van der Waals surface area contributed by atoms with E-state index in [1.165, 1.54) is 5.56 Å². The topological polar surface area (TPSA) is 52.7 Å². The van der Waals surface area contributed by atoms with Crippen molar-refractivity contribution in [1.29, 1.82) is 0 Å². The van der Waals surface area contributed by atoms with Crippen molar-refractivity contribution in [3.63, 3.8) is 0 Å². The fourth-order valence-corrected chi connectivity index (χ4v) is 3.71. The first-order valence-corrected chi connectivity index (χ1v) is 8.35. The van der Waals surface area contributed by atoms with Crippen LogP contribution in [0.2, 0.25) is 0 Å². The van der Waals surface area contributed by atoms with Crippen molar-refractivity contribution in [1.82, 2.24) is 15.1 Å². The number of nitrogens with one attached hydrogen (secondary N) is 1. The van der Waals surface area contributed by atoms with Crippen molar-refractivity contribution in [3.8, 4) is 0 Å². The van der Waals surface area contributed by atoms with E-state index < -0.39 is 0 Å². The van der Waals surface area contributed by atoms with E-state index in [1.54, 1.807) is 16.2 Å². The third-order valence-corrected chi connectivity index (χ3v) is 5.00. The first-order valence-electron chi connectivity index (χ1n) is 7.40. The highest BCUT2D eigenvalue weighted by Crippen LogP contribution is 2.21. The van der Waals surface area contributed by atoms with E-state index in [0.717, 1.165) is 13.1 Å². The Labute approximate surface area is 128 Å². The van der Waals surface area contributed by atoms with Gasteiger partial charge in [-0.1, -0.05) is 13.8 Å². The normalized spacial score (nSPS) is 26.9. The molecule has 6 heteroatoms. The molecule has 0 spiro atoms. The predicted molar refractivity (Wildman–Crippen MR) is 81.9 cm³/mol. The number of piperazine rings is 2. The van der Waals surface area contributed by atoms with Crippen molar-refractivity contribution >= 4 is 23.2 Å². The molecule has 2 saturated heterocycles. The highest BCUT2D eigenvalue weighted by atomic mass is 32.1. The maximum atomic E-state index is 12.5. The summed E-state index contributed by atoms with van der Waals surface area (Å²) in [5.41, 5.74) is 1.27. The van der Waals surface area contributed by atoms with Crippen LogP contribution in [-0.2, 0) is 16.1 Å². The van der Waals surface area contributed by atoms with Crippen LogP contribution in [0, 0.1) is 5.92 Å². The molecule has 0 saturated carbocycles. The molecule has 2 amide bonds. The van der Waals surface area contributed by atoms with Gasteiger partial charge >= 0.3 is 0 Å². The number of rotatable bonds is 3. The molecule has 1 N–H and O–H groups in total. The molecule has 1 aromatic heterocycles. The number of nitrogens with zero attached hydrogens (tertiary/aromatic N) is 2. The number of amides is 2. The molecule has 5 nitrogen and oxygen atoms in total. The van der Waals surface area contributed by atoms with Crippen LogP contribution < -0.4 is 5.32 Å². The van der Waals surface area contributed by atoms with E-state index in [4.69, 9.17) is 0 Å². The minimum absolute atomic E-state index is 0.0108. The fraction of sp³-hybridized carbons (Fsp3) is 0.600. The van der Waals surface area contributed by atoms with Crippen LogP contribution in [0.4, 0.5) is 0 Å². The second-order valence-corrected chi connectivity index (χ2v) is 6.92. The number of hydrogen-bond acceptors (Lipinski definition) is 4. The Kier molecular flexibility index (Phi) is 3.99. The monoisotopic (exact) mass is 307 g/mol. The molecule has 0 bridgehead atoms. The molecular weight excluding hydrogens is 286 g/mol. The number of carbonyl (C=O) groups is 2. The molecule has 3 heterocycles. The van der Waals surface area contributed by atoms with E-state index >= 15 is 0 Å². The van der Waals surface area contributed by atoms with Crippen LogP contribution in [0.3, 0.4) is 0 Å². The maximum Gasteiger partial charge on any atom is 0.246 e. The lowest BCUT2D eigenvalue weighted by Gasteiger charge is -2.46. The Hall–Kier alpha value is -1.40. The summed E-state index contributed by atoms with van der Waals surface area (Å²) in [6, 6.07) is 1.41. The molecule has 0 aromatic carbocycles. The van der Waals surface area contributed by atoms with Crippen molar-refractivity contribution in [2.45, 2.75) is 32.5 Å². The average Bonchev–Trinajstić information content (AvgIpc) is 2.95. The van der Waals surface area contributed by atoms with Crippen molar-refractivity contribution in [2.24, 2.45) is 5.92 Å². The summed E-state index contributed by atoms with van der Waals surface area (Å²) in [6.45, 7) is 6.88. The standard InChI is InChI=1S/C15H21N3O2S/c1-10(2)13-15(20)18-5-4-17(7-11-3-6-21-9-11)8-12(18)14(19)16-13/h3,6,9-10,12-13H,4-5,7-8H2,1-2H3,(H,16,19)/t12-,13+/m1/s1. The van der Waals surface area contributed by atoms with E-state index in [0.29, 0.717) is 13.1 Å². The quantitative estimate of drug-likeness (QED) is 0.903. The second-order valence-electron chi connectivity index (χ2n) is 6.14. The van der Waals surface area contributed by atoms with Gasteiger partial charge in [0.1, 0.15) is 12.1 Å². The molecule has 1 aromatic rings. The largest absolute Gasteiger partial charge is 0.342 e. The summed E-state index contributed by atoms with van der Waals surface area (Å²) in [5, 5.41) is 7.09. The van der Waals surface area contributed by atoms with Gasteiger partial charge < -0.3 is 10.2 Å². The third kappa shape index (κ3) is 2.82. The molecule has 2 aliphatic rings. The predicted octanol–water partition coefficient (Wildman–Crippen LogP) is 0.915. The molecule has 0 unspecified atom stereocenters. The summed E-state index contributed by atoms with van der Waals surface area (Å²) < 4.78 is 0. The Morgan fingerprint density at radius 1 is 1.38 bits per heavy atom. The summed E-state index contributed by atoms with van der Waals surface area (Å²) in [6.07, 6.45) is 0. The van der Waals surface area contributed by atoms with Crippen LogP contribution in [0.25, 0.3) is 0 Å². The van der Waals surface area contributed by atoms with Crippen LogP contribution in [0.15, 0.2) is 16.8 Å². The number of fused-ring (bicyclic) bond motifs is 1. The lowest BCUT2D eigenvalue weighted by atomic mass is 9.96. The Bertz CT molecular complexity index is 529. The Morgan fingerprint density at radius 2 is 2.19 bits per heavy atom. The van der Waals surface area contributed by atoms with Gasteiger partial charge in [-0.25, -0.2) is 0 Å². The van der Waals surface area contributed by atoms with Crippen LogP contribution in [0.5, 0.6) is 0 Å². The molecule has 3 rings (SSSR count). The number of carbonyl (C=O) groups excluding carboxylic acids is 2. The fourth-order valence-electron chi connectivity index (χ4n) is 3.05. The second kappa shape index (κ2) is 5.77. The summed E-state index contributed by atoms with van der Waals surface area (Å²) in [7, 11) is 0. The van der Waals surface area contributed by atoms with E-state index in [9.17, 15) is 9.59 Å². The third-order valence-electron chi connectivity index (χ3n) is 4.27. The van der Waals surface area contributed by atoms with E-state index in [2.05, 4.69) is 27.0 Å². The zero-order valence-corrected chi connectivity index (χ0v) is 13.2. The minimum Gasteiger partial charge on any atom is -0.342 e. The van der Waals surface area contributed by atoms with Gasteiger partial charge in [0.05, 0.1) is 0 Å². The first kappa shape index (κ1) is 14.5. The summed E-state index contributed by atoms with van der Waals surface area (Å²) >= 11 is 1.68. The van der Waals surface area contributed by atoms with Gasteiger partial charge in [0.25, 0.3) is 0 Å². The van der Waals surface area contributed by atoms with Crippen LogP contribution in [0.1, 0.15) is 19.4 Å². The molecular formula is C15H21N3O2S. The lowest BCUT2D eigenvalue weighted by molar-refractivity contribution is -0.154. The molecule has 2 fully saturated rings. The van der Waals surface area contributed by atoms with Gasteiger partial charge in [-0.2, -0.15) is 11.3 Å². The first-order chi connectivity index (χ1) is 10.1. The smallest absolute Gasteiger partial charge is 0.246 e. The van der Waals surface area contributed by atoms with Crippen LogP contribution >= 0.6 is 11.3 Å². The number of hydrogen-bond donors (Lipinski definition) is 1. The Morgan fingerprint density at radius 3 is 2.86 bits per heavy atom. The number of thiophene rings is 1. The van der Waals surface area contributed by atoms with Crippen molar-refractivity contribution in [2.75, 3.05) is 19.6 Å². The summed E-state index contributed by atoms with van der Waals surface area (Å²) in [5.74, 6) is 0.194. The average molecular weight is 307 g/mol.